The Morgan fingerprint density at radius 3 is 2.45 bits per heavy atom. The molecule has 0 radical (unpaired) electrons. The zero-order valence-electron chi connectivity index (χ0n) is 13.9. The van der Waals surface area contributed by atoms with Crippen molar-refractivity contribution in [3.8, 4) is 0 Å². The Labute approximate surface area is 132 Å². The van der Waals surface area contributed by atoms with Crippen molar-refractivity contribution in [3.05, 3.63) is 18.0 Å². The maximum atomic E-state index is 12.2. The number of hydrogen-bond acceptors (Lipinski definition) is 4. The molecular formula is C17H26N4O. The Balaban J connectivity index is 1.60. The van der Waals surface area contributed by atoms with Gasteiger partial charge in [-0.1, -0.05) is 0 Å². The predicted octanol–water partition coefficient (Wildman–Crippen LogP) is 2.26. The lowest BCUT2D eigenvalue weighted by molar-refractivity contribution is -0.133. The molecule has 5 nitrogen and oxygen atoms in total. The van der Waals surface area contributed by atoms with Gasteiger partial charge in [0, 0.05) is 45.5 Å². The molecule has 2 heterocycles. The molecule has 1 aromatic rings. The standard InChI is InChI=1S/C17H26N4O/c1-13-11-18-16(19-12-13)21-8-6-17(7-9-21)5-4-14(10-17)15(22)20(2)3/h11-12,14H,4-10H2,1-3H3/t14-/m0/s1. The smallest absolute Gasteiger partial charge is 0.225 e. The van der Waals surface area contributed by atoms with Gasteiger partial charge < -0.3 is 9.80 Å². The number of aryl methyl sites for hydroxylation is 1. The second kappa shape index (κ2) is 5.86. The SMILES string of the molecule is Cc1cnc(N2CCC3(CC[C@H](C(=O)N(C)C)C3)CC2)nc1. The summed E-state index contributed by atoms with van der Waals surface area (Å²) in [6.07, 6.45) is 9.38. The first-order valence-corrected chi connectivity index (χ1v) is 8.24. The van der Waals surface area contributed by atoms with Crippen LogP contribution in [0.5, 0.6) is 0 Å². The molecule has 1 amide bonds. The van der Waals surface area contributed by atoms with E-state index < -0.39 is 0 Å². The third-order valence-electron chi connectivity index (χ3n) is 5.37. The first-order chi connectivity index (χ1) is 10.5. The third kappa shape index (κ3) is 2.94. The molecule has 1 saturated heterocycles. The summed E-state index contributed by atoms with van der Waals surface area (Å²) in [6.45, 7) is 4.02. The van der Waals surface area contributed by atoms with E-state index in [-0.39, 0.29) is 5.92 Å². The molecule has 3 rings (SSSR count). The molecule has 120 valence electrons. The highest BCUT2D eigenvalue weighted by Crippen LogP contribution is 2.49. The Kier molecular flexibility index (Phi) is 4.06. The summed E-state index contributed by atoms with van der Waals surface area (Å²) in [5.74, 6) is 1.39. The van der Waals surface area contributed by atoms with Crippen LogP contribution in [0.2, 0.25) is 0 Å². The van der Waals surface area contributed by atoms with Crippen molar-refractivity contribution >= 4 is 11.9 Å². The maximum absolute atomic E-state index is 12.2. The van der Waals surface area contributed by atoms with Crippen molar-refractivity contribution < 1.29 is 4.79 Å². The lowest BCUT2D eigenvalue weighted by atomic mass is 9.76. The van der Waals surface area contributed by atoms with Gasteiger partial charge >= 0.3 is 0 Å². The lowest BCUT2D eigenvalue weighted by Crippen LogP contribution is -2.40. The fourth-order valence-corrected chi connectivity index (χ4v) is 3.97. The van der Waals surface area contributed by atoms with Gasteiger partial charge in [-0.2, -0.15) is 0 Å². The van der Waals surface area contributed by atoms with Crippen molar-refractivity contribution in [2.75, 3.05) is 32.1 Å². The summed E-state index contributed by atoms with van der Waals surface area (Å²) in [5, 5.41) is 0. The summed E-state index contributed by atoms with van der Waals surface area (Å²) in [6, 6.07) is 0. The van der Waals surface area contributed by atoms with Gasteiger partial charge in [0.2, 0.25) is 11.9 Å². The summed E-state index contributed by atoms with van der Waals surface area (Å²) < 4.78 is 0. The molecule has 1 aromatic heterocycles. The second-order valence-corrected chi connectivity index (χ2v) is 7.22. The van der Waals surface area contributed by atoms with Gasteiger partial charge in [-0.15, -0.1) is 0 Å². The summed E-state index contributed by atoms with van der Waals surface area (Å²) >= 11 is 0. The number of amides is 1. The van der Waals surface area contributed by atoms with Crippen LogP contribution in [0.3, 0.4) is 0 Å². The van der Waals surface area contributed by atoms with Gasteiger partial charge in [0.15, 0.2) is 0 Å². The Bertz CT molecular complexity index is 532. The van der Waals surface area contributed by atoms with Crippen LogP contribution in [0.4, 0.5) is 5.95 Å². The quantitative estimate of drug-likeness (QED) is 0.841. The number of piperidine rings is 1. The zero-order valence-corrected chi connectivity index (χ0v) is 13.9. The molecule has 1 atom stereocenters. The molecule has 5 heteroatoms. The Hall–Kier alpha value is -1.65. The number of anilines is 1. The van der Waals surface area contributed by atoms with E-state index in [2.05, 4.69) is 14.9 Å². The van der Waals surface area contributed by atoms with Crippen molar-refractivity contribution in [2.45, 2.75) is 39.0 Å². The fourth-order valence-electron chi connectivity index (χ4n) is 3.97. The predicted molar refractivity (Wildman–Crippen MR) is 86.7 cm³/mol. The lowest BCUT2D eigenvalue weighted by Gasteiger charge is -2.39. The van der Waals surface area contributed by atoms with E-state index >= 15 is 0 Å². The van der Waals surface area contributed by atoms with Gasteiger partial charge in [0.05, 0.1) is 0 Å². The van der Waals surface area contributed by atoms with E-state index in [9.17, 15) is 4.79 Å². The molecule has 1 aliphatic carbocycles. The van der Waals surface area contributed by atoms with Gasteiger partial charge in [-0.3, -0.25) is 4.79 Å². The van der Waals surface area contributed by atoms with Gasteiger partial charge in [0.25, 0.3) is 0 Å². The van der Waals surface area contributed by atoms with Crippen LogP contribution in [0.1, 0.15) is 37.7 Å². The van der Waals surface area contributed by atoms with Crippen molar-refractivity contribution in [1.82, 2.24) is 14.9 Å². The van der Waals surface area contributed by atoms with E-state index in [1.807, 2.05) is 33.4 Å². The minimum atomic E-state index is 0.233. The molecule has 2 fully saturated rings. The molecule has 0 N–H and O–H groups in total. The van der Waals surface area contributed by atoms with Gasteiger partial charge in [0.1, 0.15) is 0 Å². The zero-order chi connectivity index (χ0) is 15.7. The minimum Gasteiger partial charge on any atom is -0.349 e. The molecule has 22 heavy (non-hydrogen) atoms. The molecule has 1 saturated carbocycles. The Morgan fingerprint density at radius 1 is 1.23 bits per heavy atom. The van der Waals surface area contributed by atoms with Crippen molar-refractivity contribution in [2.24, 2.45) is 11.3 Å². The van der Waals surface area contributed by atoms with Crippen LogP contribution in [-0.4, -0.2) is 48.0 Å². The van der Waals surface area contributed by atoms with Crippen LogP contribution in [0, 0.1) is 18.3 Å². The number of carbonyl (C=O) groups is 1. The molecule has 0 bridgehead atoms. The van der Waals surface area contributed by atoms with E-state index in [4.69, 9.17) is 0 Å². The van der Waals surface area contributed by atoms with Crippen LogP contribution in [0.15, 0.2) is 12.4 Å². The minimum absolute atomic E-state index is 0.233. The molecule has 1 spiro atoms. The van der Waals surface area contributed by atoms with Crippen LogP contribution in [0.25, 0.3) is 0 Å². The highest BCUT2D eigenvalue weighted by molar-refractivity contribution is 5.78. The van der Waals surface area contributed by atoms with Crippen molar-refractivity contribution in [3.63, 3.8) is 0 Å². The summed E-state index contributed by atoms with van der Waals surface area (Å²) in [4.78, 5) is 25.1. The average Bonchev–Trinajstić information content (AvgIpc) is 2.92. The third-order valence-corrected chi connectivity index (χ3v) is 5.37. The highest BCUT2D eigenvalue weighted by Gasteiger charge is 2.44. The topological polar surface area (TPSA) is 49.3 Å². The monoisotopic (exact) mass is 302 g/mol. The van der Waals surface area contributed by atoms with Crippen LogP contribution in [-0.2, 0) is 4.79 Å². The average molecular weight is 302 g/mol. The normalized spacial score (nSPS) is 23.8. The first-order valence-electron chi connectivity index (χ1n) is 8.24. The largest absolute Gasteiger partial charge is 0.349 e. The summed E-state index contributed by atoms with van der Waals surface area (Å²) in [7, 11) is 3.73. The highest BCUT2D eigenvalue weighted by atomic mass is 16.2. The van der Waals surface area contributed by atoms with E-state index in [0.29, 0.717) is 11.3 Å². The van der Waals surface area contributed by atoms with E-state index in [1.165, 1.54) is 6.42 Å². The fraction of sp³-hybridized carbons (Fsp3) is 0.706. The van der Waals surface area contributed by atoms with Gasteiger partial charge in [-0.25, -0.2) is 9.97 Å². The van der Waals surface area contributed by atoms with E-state index in [1.54, 1.807) is 4.90 Å². The molecule has 0 aromatic carbocycles. The molecule has 1 aliphatic heterocycles. The number of carbonyl (C=O) groups excluding carboxylic acids is 1. The number of aromatic nitrogens is 2. The molecule has 2 aliphatic rings. The van der Waals surface area contributed by atoms with Gasteiger partial charge in [-0.05, 0) is 50.0 Å². The summed E-state index contributed by atoms with van der Waals surface area (Å²) in [5.41, 5.74) is 1.47. The van der Waals surface area contributed by atoms with Crippen LogP contribution < -0.4 is 4.90 Å². The Morgan fingerprint density at radius 2 is 1.86 bits per heavy atom. The maximum Gasteiger partial charge on any atom is 0.225 e. The first kappa shape index (κ1) is 15.3. The number of rotatable bonds is 2. The van der Waals surface area contributed by atoms with Crippen molar-refractivity contribution in [1.29, 1.82) is 0 Å². The molecular weight excluding hydrogens is 276 g/mol. The van der Waals surface area contributed by atoms with Crippen LogP contribution >= 0.6 is 0 Å². The molecule has 0 unspecified atom stereocenters. The van der Waals surface area contributed by atoms with E-state index in [0.717, 1.165) is 50.3 Å². The second-order valence-electron chi connectivity index (χ2n) is 7.22. The number of nitrogens with zero attached hydrogens (tertiary/aromatic N) is 4. The number of hydrogen-bond donors (Lipinski definition) is 0.